The first-order valence-electron chi connectivity index (χ1n) is 7.15. The normalized spacial score (nSPS) is 12.7. The predicted molar refractivity (Wildman–Crippen MR) is 83.0 cm³/mol. The highest BCUT2D eigenvalue weighted by atomic mass is 19.1. The lowest BCUT2D eigenvalue weighted by molar-refractivity contribution is 0.613. The van der Waals surface area contributed by atoms with E-state index in [1.54, 1.807) is 18.5 Å². The second-order valence-corrected chi connectivity index (χ2v) is 5.25. The predicted octanol–water partition coefficient (Wildman–Crippen LogP) is 3.44. The van der Waals surface area contributed by atoms with Crippen LogP contribution in [-0.2, 0) is 6.42 Å². The summed E-state index contributed by atoms with van der Waals surface area (Å²) in [5.74, 6) is -0.235. The molecule has 0 aliphatic heterocycles. The van der Waals surface area contributed by atoms with E-state index in [4.69, 9.17) is 5.73 Å². The molecule has 0 bridgehead atoms. The molecule has 1 atom stereocenters. The topological polar surface area (TPSA) is 43.8 Å². The van der Waals surface area contributed by atoms with Crippen LogP contribution in [0.25, 0.3) is 16.7 Å². The molecule has 0 radical (unpaired) electrons. The average molecular weight is 283 g/mol. The van der Waals surface area contributed by atoms with Crippen LogP contribution in [0.5, 0.6) is 0 Å². The van der Waals surface area contributed by atoms with Gasteiger partial charge in [0.15, 0.2) is 0 Å². The van der Waals surface area contributed by atoms with Gasteiger partial charge in [0.25, 0.3) is 0 Å². The standard InChI is InChI=1S/C17H18FN3/c1-2-14(19)10-12-9-13(18)7-8-16(12)21-11-20-15-5-3-4-6-17(15)21/h3-9,11,14H,2,10,19H2,1H3. The fourth-order valence-electron chi connectivity index (χ4n) is 2.53. The average Bonchev–Trinajstić information content (AvgIpc) is 2.91. The van der Waals surface area contributed by atoms with Crippen molar-refractivity contribution in [3.63, 3.8) is 0 Å². The van der Waals surface area contributed by atoms with E-state index in [2.05, 4.69) is 4.98 Å². The van der Waals surface area contributed by atoms with Gasteiger partial charge in [-0.1, -0.05) is 19.1 Å². The minimum absolute atomic E-state index is 0.0281. The highest BCUT2D eigenvalue weighted by molar-refractivity contribution is 5.77. The molecule has 2 aromatic carbocycles. The molecule has 4 heteroatoms. The molecule has 3 aromatic rings. The van der Waals surface area contributed by atoms with Gasteiger partial charge in [-0.2, -0.15) is 0 Å². The van der Waals surface area contributed by atoms with E-state index in [1.165, 1.54) is 6.07 Å². The number of nitrogens with two attached hydrogens (primary N) is 1. The van der Waals surface area contributed by atoms with Gasteiger partial charge in [-0.15, -0.1) is 0 Å². The first kappa shape index (κ1) is 13.8. The fraction of sp³-hybridized carbons (Fsp3) is 0.235. The third kappa shape index (κ3) is 2.67. The number of hydrogen-bond acceptors (Lipinski definition) is 2. The van der Waals surface area contributed by atoms with Gasteiger partial charge in [0.1, 0.15) is 12.1 Å². The molecule has 0 fully saturated rings. The second kappa shape index (κ2) is 5.66. The minimum Gasteiger partial charge on any atom is -0.327 e. The molecule has 0 amide bonds. The van der Waals surface area contributed by atoms with Crippen molar-refractivity contribution in [3.8, 4) is 5.69 Å². The Morgan fingerprint density at radius 1 is 1.24 bits per heavy atom. The molecule has 0 aliphatic rings. The van der Waals surface area contributed by atoms with Gasteiger partial charge in [0.2, 0.25) is 0 Å². The summed E-state index contributed by atoms with van der Waals surface area (Å²) in [5.41, 5.74) is 9.82. The number of para-hydroxylation sites is 2. The highest BCUT2D eigenvalue weighted by Gasteiger charge is 2.12. The first-order valence-corrected chi connectivity index (χ1v) is 7.15. The Morgan fingerprint density at radius 3 is 2.86 bits per heavy atom. The Hall–Kier alpha value is -2.20. The number of imidazole rings is 1. The molecular weight excluding hydrogens is 265 g/mol. The SMILES string of the molecule is CCC(N)Cc1cc(F)ccc1-n1cnc2ccccc21. The van der Waals surface area contributed by atoms with Crippen LogP contribution in [0, 0.1) is 5.82 Å². The molecule has 2 N–H and O–H groups in total. The van der Waals surface area contributed by atoms with E-state index >= 15 is 0 Å². The summed E-state index contributed by atoms with van der Waals surface area (Å²) in [6.45, 7) is 2.04. The summed E-state index contributed by atoms with van der Waals surface area (Å²) in [5, 5.41) is 0. The molecule has 1 aromatic heterocycles. The van der Waals surface area contributed by atoms with E-state index < -0.39 is 0 Å². The number of fused-ring (bicyclic) bond motifs is 1. The Balaban J connectivity index is 2.13. The van der Waals surface area contributed by atoms with E-state index in [1.807, 2.05) is 35.8 Å². The molecule has 0 saturated heterocycles. The second-order valence-electron chi connectivity index (χ2n) is 5.25. The zero-order chi connectivity index (χ0) is 14.8. The summed E-state index contributed by atoms with van der Waals surface area (Å²) in [4.78, 5) is 4.40. The molecule has 21 heavy (non-hydrogen) atoms. The van der Waals surface area contributed by atoms with Crippen LogP contribution in [0.2, 0.25) is 0 Å². The van der Waals surface area contributed by atoms with E-state index in [0.29, 0.717) is 6.42 Å². The molecular formula is C17H18FN3. The molecule has 0 saturated carbocycles. The Labute approximate surface area is 123 Å². The van der Waals surface area contributed by atoms with Gasteiger partial charge in [-0.05, 0) is 48.7 Å². The van der Waals surface area contributed by atoms with Crippen LogP contribution in [0.1, 0.15) is 18.9 Å². The van der Waals surface area contributed by atoms with Crippen LogP contribution in [0.15, 0.2) is 48.8 Å². The molecule has 0 spiro atoms. The molecule has 108 valence electrons. The van der Waals surface area contributed by atoms with Crippen molar-refractivity contribution >= 4 is 11.0 Å². The number of benzene rings is 2. The number of aromatic nitrogens is 2. The van der Waals surface area contributed by atoms with Gasteiger partial charge in [-0.25, -0.2) is 9.37 Å². The van der Waals surface area contributed by atoms with Crippen LogP contribution in [0.3, 0.4) is 0 Å². The highest BCUT2D eigenvalue weighted by Crippen LogP contribution is 2.23. The number of rotatable bonds is 4. The van der Waals surface area contributed by atoms with Crippen molar-refractivity contribution in [2.75, 3.05) is 0 Å². The van der Waals surface area contributed by atoms with Crippen molar-refractivity contribution in [1.82, 2.24) is 9.55 Å². The monoisotopic (exact) mass is 283 g/mol. The van der Waals surface area contributed by atoms with Crippen molar-refractivity contribution in [2.45, 2.75) is 25.8 Å². The Morgan fingerprint density at radius 2 is 2.05 bits per heavy atom. The smallest absolute Gasteiger partial charge is 0.123 e. The fourth-order valence-corrected chi connectivity index (χ4v) is 2.53. The first-order chi connectivity index (χ1) is 10.2. The maximum atomic E-state index is 13.6. The molecule has 3 nitrogen and oxygen atoms in total. The summed E-state index contributed by atoms with van der Waals surface area (Å²) in [7, 11) is 0. The van der Waals surface area contributed by atoms with Crippen molar-refractivity contribution in [3.05, 3.63) is 60.2 Å². The van der Waals surface area contributed by atoms with Crippen LogP contribution in [-0.4, -0.2) is 15.6 Å². The lowest BCUT2D eigenvalue weighted by Gasteiger charge is -2.15. The van der Waals surface area contributed by atoms with Gasteiger partial charge in [0, 0.05) is 6.04 Å². The third-order valence-corrected chi connectivity index (χ3v) is 3.76. The van der Waals surface area contributed by atoms with Crippen molar-refractivity contribution in [2.24, 2.45) is 5.73 Å². The van der Waals surface area contributed by atoms with Crippen molar-refractivity contribution < 1.29 is 4.39 Å². The largest absolute Gasteiger partial charge is 0.327 e. The molecule has 3 rings (SSSR count). The number of halogens is 1. The van der Waals surface area contributed by atoms with Gasteiger partial charge < -0.3 is 5.73 Å². The molecule has 1 unspecified atom stereocenters. The number of hydrogen-bond donors (Lipinski definition) is 1. The van der Waals surface area contributed by atoms with Crippen LogP contribution in [0.4, 0.5) is 4.39 Å². The zero-order valence-corrected chi connectivity index (χ0v) is 12.0. The van der Waals surface area contributed by atoms with Gasteiger partial charge in [0.05, 0.1) is 16.7 Å². The van der Waals surface area contributed by atoms with Crippen LogP contribution < -0.4 is 5.73 Å². The molecule has 0 aliphatic carbocycles. The lowest BCUT2D eigenvalue weighted by atomic mass is 10.0. The maximum absolute atomic E-state index is 13.6. The summed E-state index contributed by atoms with van der Waals surface area (Å²) in [6.07, 6.45) is 3.29. The Bertz CT molecular complexity index is 764. The van der Waals surface area contributed by atoms with E-state index in [0.717, 1.165) is 28.7 Å². The lowest BCUT2D eigenvalue weighted by Crippen LogP contribution is -2.22. The number of nitrogens with zero attached hydrogens (tertiary/aromatic N) is 2. The van der Waals surface area contributed by atoms with Crippen molar-refractivity contribution in [1.29, 1.82) is 0 Å². The maximum Gasteiger partial charge on any atom is 0.123 e. The van der Waals surface area contributed by atoms with Gasteiger partial charge in [-0.3, -0.25) is 4.57 Å². The van der Waals surface area contributed by atoms with E-state index in [9.17, 15) is 4.39 Å². The Kier molecular flexibility index (Phi) is 3.71. The van der Waals surface area contributed by atoms with Crippen LogP contribution >= 0.6 is 0 Å². The van der Waals surface area contributed by atoms with Gasteiger partial charge >= 0.3 is 0 Å². The third-order valence-electron chi connectivity index (χ3n) is 3.76. The summed E-state index contributed by atoms with van der Waals surface area (Å²) < 4.78 is 15.6. The molecule has 1 heterocycles. The quantitative estimate of drug-likeness (QED) is 0.797. The zero-order valence-electron chi connectivity index (χ0n) is 12.0. The summed E-state index contributed by atoms with van der Waals surface area (Å²) >= 11 is 0. The van der Waals surface area contributed by atoms with E-state index in [-0.39, 0.29) is 11.9 Å². The minimum atomic E-state index is -0.235. The summed E-state index contributed by atoms with van der Waals surface area (Å²) in [6, 6.07) is 12.8.